The summed E-state index contributed by atoms with van der Waals surface area (Å²) in [6, 6.07) is 6.84. The second-order valence-corrected chi connectivity index (χ2v) is 8.59. The van der Waals surface area contributed by atoms with E-state index in [0.717, 1.165) is 23.3 Å². The summed E-state index contributed by atoms with van der Waals surface area (Å²) >= 11 is 0. The summed E-state index contributed by atoms with van der Waals surface area (Å²) in [6.07, 6.45) is 8.18. The molecule has 1 saturated carbocycles. The minimum absolute atomic E-state index is 0.0179. The maximum atomic E-state index is 12.7. The molecule has 0 radical (unpaired) electrons. The number of hydrogen-bond donors (Lipinski definition) is 1. The zero-order valence-electron chi connectivity index (χ0n) is 16.9. The van der Waals surface area contributed by atoms with E-state index in [1.807, 2.05) is 18.3 Å². The van der Waals surface area contributed by atoms with Gasteiger partial charge in [-0.1, -0.05) is 65.0 Å². The number of amides is 2. The molecule has 1 aliphatic carbocycles. The van der Waals surface area contributed by atoms with Crippen molar-refractivity contribution < 1.29 is 9.59 Å². The highest BCUT2D eigenvalue weighted by atomic mass is 16.2. The lowest BCUT2D eigenvalue weighted by molar-refractivity contribution is -0.129. The van der Waals surface area contributed by atoms with Crippen molar-refractivity contribution in [1.29, 1.82) is 5.26 Å². The molecule has 146 valence electrons. The van der Waals surface area contributed by atoms with E-state index in [0.29, 0.717) is 17.9 Å². The van der Waals surface area contributed by atoms with Crippen molar-refractivity contribution in [1.82, 2.24) is 10.2 Å². The van der Waals surface area contributed by atoms with Crippen molar-refractivity contribution in [3.8, 4) is 6.19 Å². The molecule has 2 rings (SSSR count). The normalized spacial score (nSPS) is 16.3. The molecule has 1 atom stereocenters. The number of carbonyl (C=O) groups excluding carboxylic acids is 2. The van der Waals surface area contributed by atoms with Crippen molar-refractivity contribution in [3.63, 3.8) is 0 Å². The Kier molecular flexibility index (Phi) is 7.01. The predicted molar refractivity (Wildman–Crippen MR) is 106 cm³/mol. The second kappa shape index (κ2) is 9.03. The molecule has 0 saturated heterocycles. The summed E-state index contributed by atoms with van der Waals surface area (Å²) in [6.45, 7) is 6.37. The zero-order chi connectivity index (χ0) is 20.0. The fraction of sp³-hybridized carbons (Fsp3) is 0.591. The molecular weight excluding hydrogens is 338 g/mol. The third-order valence-corrected chi connectivity index (χ3v) is 5.39. The van der Waals surface area contributed by atoms with Crippen LogP contribution in [0.2, 0.25) is 0 Å². The first-order chi connectivity index (χ1) is 12.7. The van der Waals surface area contributed by atoms with E-state index in [1.54, 1.807) is 12.1 Å². The van der Waals surface area contributed by atoms with Gasteiger partial charge in [-0.15, -0.1) is 0 Å². The van der Waals surface area contributed by atoms with Crippen LogP contribution < -0.4 is 5.32 Å². The van der Waals surface area contributed by atoms with Crippen LogP contribution in [0.3, 0.4) is 0 Å². The van der Waals surface area contributed by atoms with Crippen LogP contribution in [0.15, 0.2) is 24.3 Å². The van der Waals surface area contributed by atoms with Gasteiger partial charge in [0.1, 0.15) is 6.04 Å². The lowest BCUT2D eigenvalue weighted by atomic mass is 9.84. The number of benzene rings is 1. The number of rotatable bonds is 5. The Balaban J connectivity index is 2.11. The van der Waals surface area contributed by atoms with Gasteiger partial charge in [0.05, 0.1) is 0 Å². The van der Waals surface area contributed by atoms with Gasteiger partial charge in [0.15, 0.2) is 6.19 Å². The van der Waals surface area contributed by atoms with E-state index in [-0.39, 0.29) is 17.2 Å². The SMILES string of the molecule is CN(C#N)C(=O)[C@H](CC1CCCCC1)NC(=O)c1ccc(C(C)(C)C)cc1. The Hall–Kier alpha value is -2.35. The highest BCUT2D eigenvalue weighted by Gasteiger charge is 2.28. The molecule has 2 amide bonds. The summed E-state index contributed by atoms with van der Waals surface area (Å²) in [5, 5.41) is 11.9. The van der Waals surface area contributed by atoms with Gasteiger partial charge in [0.25, 0.3) is 11.8 Å². The van der Waals surface area contributed by atoms with Crippen LogP contribution in [-0.4, -0.2) is 29.8 Å². The number of nitrogens with zero attached hydrogens (tertiary/aromatic N) is 2. The highest BCUT2D eigenvalue weighted by molar-refractivity contribution is 5.97. The van der Waals surface area contributed by atoms with Gasteiger partial charge in [-0.3, -0.25) is 14.5 Å². The van der Waals surface area contributed by atoms with E-state index in [2.05, 4.69) is 26.1 Å². The molecule has 27 heavy (non-hydrogen) atoms. The van der Waals surface area contributed by atoms with Crippen molar-refractivity contribution >= 4 is 11.8 Å². The minimum Gasteiger partial charge on any atom is -0.340 e. The lowest BCUT2D eigenvalue weighted by Crippen LogP contribution is -2.47. The van der Waals surface area contributed by atoms with Crippen molar-refractivity contribution in [2.75, 3.05) is 7.05 Å². The molecule has 0 aliphatic heterocycles. The smallest absolute Gasteiger partial charge is 0.257 e. The first-order valence-electron chi connectivity index (χ1n) is 9.81. The number of hydrogen-bond acceptors (Lipinski definition) is 3. The third kappa shape index (κ3) is 5.82. The van der Waals surface area contributed by atoms with Crippen molar-refractivity contribution in [3.05, 3.63) is 35.4 Å². The fourth-order valence-electron chi connectivity index (χ4n) is 3.62. The maximum absolute atomic E-state index is 12.7. The molecule has 1 N–H and O–H groups in total. The van der Waals surface area contributed by atoms with Crippen LogP contribution in [0.25, 0.3) is 0 Å². The topological polar surface area (TPSA) is 73.2 Å². The van der Waals surface area contributed by atoms with Gasteiger partial charge in [0.2, 0.25) is 0 Å². The Bertz CT molecular complexity index is 692. The Morgan fingerprint density at radius 2 is 1.78 bits per heavy atom. The van der Waals surface area contributed by atoms with Gasteiger partial charge in [-0.2, -0.15) is 5.26 Å². The summed E-state index contributed by atoms with van der Waals surface area (Å²) in [5.74, 6) is -0.193. The molecule has 1 aromatic rings. The van der Waals surface area contributed by atoms with Gasteiger partial charge < -0.3 is 5.32 Å². The highest BCUT2D eigenvalue weighted by Crippen LogP contribution is 2.28. The predicted octanol–water partition coefficient (Wildman–Crippen LogP) is 3.99. The Morgan fingerprint density at radius 1 is 1.19 bits per heavy atom. The number of nitriles is 1. The molecule has 0 spiro atoms. The monoisotopic (exact) mass is 369 g/mol. The van der Waals surface area contributed by atoms with Gasteiger partial charge in [0, 0.05) is 12.6 Å². The number of nitrogens with one attached hydrogen (secondary N) is 1. The molecule has 1 aromatic carbocycles. The molecular formula is C22H31N3O2. The average Bonchev–Trinajstić information content (AvgIpc) is 2.66. The van der Waals surface area contributed by atoms with Crippen LogP contribution in [-0.2, 0) is 10.2 Å². The van der Waals surface area contributed by atoms with Crippen LogP contribution >= 0.6 is 0 Å². The van der Waals surface area contributed by atoms with E-state index in [9.17, 15) is 9.59 Å². The first kappa shape index (κ1) is 21.0. The zero-order valence-corrected chi connectivity index (χ0v) is 16.9. The summed E-state index contributed by atoms with van der Waals surface area (Å²) in [4.78, 5) is 26.3. The number of likely N-dealkylation sites (N-methyl/N-ethyl adjacent to an activating group) is 1. The molecule has 1 fully saturated rings. The van der Waals surface area contributed by atoms with Crippen LogP contribution in [0.5, 0.6) is 0 Å². The minimum atomic E-state index is -0.660. The lowest BCUT2D eigenvalue weighted by Gasteiger charge is -2.27. The summed E-state index contributed by atoms with van der Waals surface area (Å²) < 4.78 is 0. The molecule has 1 aliphatic rings. The quantitative estimate of drug-likeness (QED) is 0.630. The molecule has 5 nitrogen and oxygen atoms in total. The summed E-state index contributed by atoms with van der Waals surface area (Å²) in [5.41, 5.74) is 1.70. The Labute approximate surface area is 162 Å². The second-order valence-electron chi connectivity index (χ2n) is 8.59. The van der Waals surface area contributed by atoms with Crippen molar-refractivity contribution in [2.24, 2.45) is 5.92 Å². The average molecular weight is 370 g/mol. The molecule has 0 aromatic heterocycles. The summed E-state index contributed by atoms with van der Waals surface area (Å²) in [7, 11) is 1.44. The van der Waals surface area contributed by atoms with Gasteiger partial charge in [-0.05, 0) is 35.4 Å². The van der Waals surface area contributed by atoms with Crippen LogP contribution in [0.4, 0.5) is 0 Å². The maximum Gasteiger partial charge on any atom is 0.257 e. The van der Waals surface area contributed by atoms with E-state index in [1.165, 1.54) is 26.3 Å². The molecule has 0 unspecified atom stereocenters. The van der Waals surface area contributed by atoms with E-state index < -0.39 is 6.04 Å². The third-order valence-electron chi connectivity index (χ3n) is 5.39. The number of carbonyl (C=O) groups is 2. The Morgan fingerprint density at radius 3 is 2.30 bits per heavy atom. The van der Waals surface area contributed by atoms with Crippen LogP contribution in [0.1, 0.15) is 75.2 Å². The standard InChI is InChI=1S/C22H31N3O2/c1-22(2,3)18-12-10-17(11-13-18)20(26)24-19(21(27)25(4)15-23)14-16-8-6-5-7-9-16/h10-13,16,19H,5-9,14H2,1-4H3,(H,24,26)/t19-/m0/s1. The van der Waals surface area contributed by atoms with E-state index >= 15 is 0 Å². The van der Waals surface area contributed by atoms with Gasteiger partial charge in [-0.25, -0.2) is 0 Å². The van der Waals surface area contributed by atoms with Gasteiger partial charge >= 0.3 is 0 Å². The largest absolute Gasteiger partial charge is 0.340 e. The molecule has 0 bridgehead atoms. The van der Waals surface area contributed by atoms with Crippen LogP contribution in [0, 0.1) is 17.4 Å². The fourth-order valence-corrected chi connectivity index (χ4v) is 3.62. The van der Waals surface area contributed by atoms with Crippen molar-refractivity contribution in [2.45, 2.75) is 70.8 Å². The molecule has 5 heteroatoms. The first-order valence-corrected chi connectivity index (χ1v) is 9.81. The molecule has 0 heterocycles. The van der Waals surface area contributed by atoms with E-state index in [4.69, 9.17) is 5.26 Å².